The van der Waals surface area contributed by atoms with Crippen molar-refractivity contribution >= 4 is 11.8 Å². The smallest absolute Gasteiger partial charge is 0.136 e. The molecule has 0 heterocycles. The summed E-state index contributed by atoms with van der Waals surface area (Å²) in [6.07, 6.45) is 0. The van der Waals surface area contributed by atoms with Crippen LogP contribution in [0.2, 0.25) is 0 Å². The van der Waals surface area contributed by atoms with E-state index in [1.54, 1.807) is 26.0 Å². The molecule has 0 atom stereocenters. The molecular weight excluding hydrogens is 258 g/mol. The number of nitrogens with two attached hydrogens (primary N) is 1. The van der Waals surface area contributed by atoms with Crippen molar-refractivity contribution in [2.75, 3.05) is 14.2 Å². The van der Waals surface area contributed by atoms with Gasteiger partial charge < -0.3 is 15.2 Å². The second-order valence-electron chi connectivity index (χ2n) is 3.93. The van der Waals surface area contributed by atoms with Gasteiger partial charge in [0, 0.05) is 17.5 Å². The molecule has 0 aliphatic carbocycles. The zero-order valence-electron chi connectivity index (χ0n) is 11.1. The largest absolute Gasteiger partial charge is 0.497 e. The topological polar surface area (TPSA) is 44.5 Å². The fourth-order valence-corrected chi connectivity index (χ4v) is 2.79. The minimum absolute atomic E-state index is 0.529. The Labute approximate surface area is 117 Å². The highest BCUT2D eigenvalue weighted by Gasteiger charge is 2.09. The number of hydrogen-bond donors (Lipinski definition) is 1. The maximum atomic E-state index is 5.76. The molecule has 0 aliphatic rings. The fraction of sp³-hybridized carbons (Fsp3) is 0.200. The summed E-state index contributed by atoms with van der Waals surface area (Å²) in [5, 5.41) is 0. The van der Waals surface area contributed by atoms with Gasteiger partial charge in [-0.1, -0.05) is 30.0 Å². The zero-order valence-corrected chi connectivity index (χ0v) is 11.9. The van der Waals surface area contributed by atoms with Gasteiger partial charge in [0.15, 0.2) is 0 Å². The van der Waals surface area contributed by atoms with Gasteiger partial charge in [-0.05, 0) is 23.8 Å². The lowest BCUT2D eigenvalue weighted by atomic mass is 10.2. The molecule has 0 radical (unpaired) electrons. The number of rotatable bonds is 5. The summed E-state index contributed by atoms with van der Waals surface area (Å²) in [6, 6.07) is 13.9. The summed E-state index contributed by atoms with van der Waals surface area (Å²) in [4.78, 5) is 2.19. The van der Waals surface area contributed by atoms with Crippen LogP contribution in [0.1, 0.15) is 5.56 Å². The average molecular weight is 275 g/mol. The Kier molecular flexibility index (Phi) is 4.71. The number of benzene rings is 2. The maximum absolute atomic E-state index is 5.76. The van der Waals surface area contributed by atoms with Crippen LogP contribution in [0.4, 0.5) is 0 Å². The first kappa shape index (κ1) is 13.8. The van der Waals surface area contributed by atoms with E-state index in [0.717, 1.165) is 26.9 Å². The second-order valence-corrected chi connectivity index (χ2v) is 5.01. The Morgan fingerprint density at radius 2 is 1.79 bits per heavy atom. The van der Waals surface area contributed by atoms with E-state index in [2.05, 4.69) is 6.07 Å². The predicted molar refractivity (Wildman–Crippen MR) is 78.0 cm³/mol. The molecule has 0 spiro atoms. The molecule has 0 saturated carbocycles. The first-order chi connectivity index (χ1) is 9.28. The normalized spacial score (nSPS) is 10.3. The van der Waals surface area contributed by atoms with E-state index in [-0.39, 0.29) is 0 Å². The molecule has 3 nitrogen and oxygen atoms in total. The van der Waals surface area contributed by atoms with Crippen molar-refractivity contribution in [3.8, 4) is 11.5 Å². The van der Waals surface area contributed by atoms with E-state index < -0.39 is 0 Å². The summed E-state index contributed by atoms with van der Waals surface area (Å²) >= 11 is 1.65. The van der Waals surface area contributed by atoms with Crippen LogP contribution in [0.15, 0.2) is 52.3 Å². The lowest BCUT2D eigenvalue weighted by Crippen LogP contribution is -1.98. The second kappa shape index (κ2) is 6.50. The summed E-state index contributed by atoms with van der Waals surface area (Å²) in [7, 11) is 3.30. The monoisotopic (exact) mass is 275 g/mol. The van der Waals surface area contributed by atoms with Crippen molar-refractivity contribution in [2.45, 2.75) is 16.3 Å². The average Bonchev–Trinajstić information content (AvgIpc) is 2.48. The quantitative estimate of drug-likeness (QED) is 0.909. The lowest BCUT2D eigenvalue weighted by molar-refractivity contribution is 0.387. The molecular formula is C15H17NO2S. The van der Waals surface area contributed by atoms with Gasteiger partial charge in [-0.2, -0.15) is 0 Å². The van der Waals surface area contributed by atoms with Crippen LogP contribution in [0.3, 0.4) is 0 Å². The van der Waals surface area contributed by atoms with Crippen LogP contribution in [0.25, 0.3) is 0 Å². The molecule has 2 aromatic rings. The molecule has 2 rings (SSSR count). The van der Waals surface area contributed by atoms with Gasteiger partial charge in [0.2, 0.25) is 0 Å². The fourth-order valence-electron chi connectivity index (χ4n) is 1.75. The zero-order chi connectivity index (χ0) is 13.7. The number of methoxy groups -OCH3 is 2. The van der Waals surface area contributed by atoms with E-state index in [4.69, 9.17) is 15.2 Å². The Morgan fingerprint density at radius 1 is 1.00 bits per heavy atom. The van der Waals surface area contributed by atoms with Crippen molar-refractivity contribution < 1.29 is 9.47 Å². The molecule has 0 saturated heterocycles. The minimum atomic E-state index is 0.529. The van der Waals surface area contributed by atoms with Crippen LogP contribution >= 0.6 is 11.8 Å². The molecule has 2 aromatic carbocycles. The highest BCUT2D eigenvalue weighted by atomic mass is 32.2. The lowest BCUT2D eigenvalue weighted by Gasteiger charge is -2.11. The summed E-state index contributed by atoms with van der Waals surface area (Å²) < 4.78 is 10.6. The highest BCUT2D eigenvalue weighted by Crippen LogP contribution is 2.38. The van der Waals surface area contributed by atoms with Crippen LogP contribution in [0.5, 0.6) is 11.5 Å². The van der Waals surface area contributed by atoms with Crippen molar-refractivity contribution in [2.24, 2.45) is 5.73 Å². The van der Waals surface area contributed by atoms with Gasteiger partial charge in [0.05, 0.1) is 19.1 Å². The van der Waals surface area contributed by atoms with Crippen molar-refractivity contribution in [1.82, 2.24) is 0 Å². The summed E-state index contributed by atoms with van der Waals surface area (Å²) in [5.74, 6) is 1.59. The Bertz CT molecular complexity index is 558. The Morgan fingerprint density at radius 3 is 2.47 bits per heavy atom. The van der Waals surface area contributed by atoms with Crippen LogP contribution in [0, 0.1) is 0 Å². The third kappa shape index (κ3) is 3.22. The summed E-state index contributed by atoms with van der Waals surface area (Å²) in [5.41, 5.74) is 6.89. The van der Waals surface area contributed by atoms with E-state index in [0.29, 0.717) is 6.54 Å². The molecule has 0 aromatic heterocycles. The molecule has 0 aliphatic heterocycles. The van der Waals surface area contributed by atoms with E-state index in [1.165, 1.54) is 0 Å². The molecule has 0 bridgehead atoms. The summed E-state index contributed by atoms with van der Waals surface area (Å²) in [6.45, 7) is 0.529. The number of ether oxygens (including phenoxy) is 2. The van der Waals surface area contributed by atoms with Crippen LogP contribution < -0.4 is 15.2 Å². The third-order valence-electron chi connectivity index (χ3n) is 2.78. The molecule has 0 unspecified atom stereocenters. The van der Waals surface area contributed by atoms with E-state index in [9.17, 15) is 0 Å². The Balaban J connectivity index is 2.32. The van der Waals surface area contributed by atoms with Crippen molar-refractivity contribution in [1.29, 1.82) is 0 Å². The van der Waals surface area contributed by atoms with Crippen LogP contribution in [-0.4, -0.2) is 14.2 Å². The van der Waals surface area contributed by atoms with Gasteiger partial charge in [-0.15, -0.1) is 0 Å². The van der Waals surface area contributed by atoms with Crippen molar-refractivity contribution in [3.05, 3.63) is 48.0 Å². The van der Waals surface area contributed by atoms with Crippen LogP contribution in [-0.2, 0) is 6.54 Å². The van der Waals surface area contributed by atoms with Gasteiger partial charge >= 0.3 is 0 Å². The highest BCUT2D eigenvalue weighted by molar-refractivity contribution is 7.99. The predicted octanol–water partition coefficient (Wildman–Crippen LogP) is 3.31. The van der Waals surface area contributed by atoms with Gasteiger partial charge in [-0.3, -0.25) is 0 Å². The van der Waals surface area contributed by atoms with E-state index in [1.807, 2.05) is 36.4 Å². The molecule has 19 heavy (non-hydrogen) atoms. The van der Waals surface area contributed by atoms with Crippen molar-refractivity contribution in [3.63, 3.8) is 0 Å². The minimum Gasteiger partial charge on any atom is -0.497 e. The number of hydrogen-bond acceptors (Lipinski definition) is 4. The first-order valence-corrected chi connectivity index (χ1v) is 6.78. The molecule has 100 valence electrons. The molecule has 0 amide bonds. The maximum Gasteiger partial charge on any atom is 0.136 e. The van der Waals surface area contributed by atoms with E-state index >= 15 is 0 Å². The molecule has 4 heteroatoms. The first-order valence-electron chi connectivity index (χ1n) is 5.96. The standard InChI is InChI=1S/C15H17NO2S/c1-17-12-7-8-15(13(9-12)18-2)19-14-6-4-3-5-11(14)10-16/h3-9H,10,16H2,1-2H3. The van der Waals surface area contributed by atoms with Gasteiger partial charge in [0.25, 0.3) is 0 Å². The van der Waals surface area contributed by atoms with Gasteiger partial charge in [0.1, 0.15) is 11.5 Å². The van der Waals surface area contributed by atoms with Gasteiger partial charge in [-0.25, -0.2) is 0 Å². The molecule has 0 fully saturated rings. The third-order valence-corrected chi connectivity index (χ3v) is 3.96. The Hall–Kier alpha value is -1.65. The molecule has 2 N–H and O–H groups in total. The SMILES string of the molecule is COc1ccc(Sc2ccccc2CN)c(OC)c1.